The van der Waals surface area contributed by atoms with E-state index >= 15 is 0 Å². The van der Waals surface area contributed by atoms with Crippen LogP contribution in [-0.4, -0.2) is 29.0 Å². The minimum Gasteiger partial charge on any atom is -0.504 e. The fourth-order valence-electron chi connectivity index (χ4n) is 2.37. The fraction of sp³-hybridized carbons (Fsp3) is 0.429. The van der Waals surface area contributed by atoms with Gasteiger partial charge in [-0.3, -0.25) is 9.59 Å². The van der Waals surface area contributed by atoms with Gasteiger partial charge in [-0.15, -0.1) is 0 Å². The summed E-state index contributed by atoms with van der Waals surface area (Å²) < 4.78 is 0. The van der Waals surface area contributed by atoms with Crippen LogP contribution < -0.4 is 5.43 Å². The maximum absolute atomic E-state index is 11.3. The molecule has 18 heavy (non-hydrogen) atoms. The third-order valence-corrected chi connectivity index (χ3v) is 3.52. The summed E-state index contributed by atoms with van der Waals surface area (Å²) in [5.74, 6) is 0.251. The minimum absolute atomic E-state index is 0.117. The number of aromatic hydroxyl groups is 1. The molecule has 0 saturated carbocycles. The average molecular weight is 247 g/mol. The minimum atomic E-state index is -0.359. The molecule has 0 radical (unpaired) electrons. The van der Waals surface area contributed by atoms with Gasteiger partial charge in [-0.25, -0.2) is 0 Å². The third-order valence-electron chi connectivity index (χ3n) is 3.52. The van der Waals surface area contributed by atoms with E-state index in [4.69, 9.17) is 0 Å². The van der Waals surface area contributed by atoms with Crippen LogP contribution in [0.15, 0.2) is 29.1 Å². The first-order valence-electron chi connectivity index (χ1n) is 6.16. The van der Waals surface area contributed by atoms with E-state index in [-0.39, 0.29) is 17.1 Å². The highest BCUT2D eigenvalue weighted by Crippen LogP contribution is 2.27. The molecule has 0 aliphatic carbocycles. The Morgan fingerprint density at radius 1 is 1.22 bits per heavy atom. The third kappa shape index (κ3) is 2.70. The van der Waals surface area contributed by atoms with Gasteiger partial charge in [0.2, 0.25) is 11.3 Å². The molecule has 1 aliphatic heterocycles. The zero-order valence-corrected chi connectivity index (χ0v) is 10.4. The lowest BCUT2D eigenvalue weighted by atomic mass is 9.90. The smallest absolute Gasteiger partial charge is 0.220 e. The quantitative estimate of drug-likeness (QED) is 0.817. The van der Waals surface area contributed by atoms with Crippen LogP contribution in [0.2, 0.25) is 0 Å². The second-order valence-corrected chi connectivity index (χ2v) is 4.70. The Balaban J connectivity index is 2.13. The molecule has 0 atom stereocenters. The largest absolute Gasteiger partial charge is 0.504 e. The van der Waals surface area contributed by atoms with Crippen molar-refractivity contribution in [3.63, 3.8) is 0 Å². The zero-order chi connectivity index (χ0) is 13.1. The van der Waals surface area contributed by atoms with Crippen LogP contribution in [0.1, 0.15) is 31.2 Å². The maximum Gasteiger partial charge on any atom is 0.220 e. The summed E-state index contributed by atoms with van der Waals surface area (Å²) in [4.78, 5) is 24.4. The summed E-state index contributed by atoms with van der Waals surface area (Å²) >= 11 is 0. The summed E-state index contributed by atoms with van der Waals surface area (Å²) in [5.41, 5.74) is 0.693. The molecule has 0 bridgehead atoms. The Labute approximate surface area is 106 Å². The molecule has 4 heteroatoms. The fourth-order valence-corrected chi connectivity index (χ4v) is 2.37. The molecular weight excluding hydrogens is 230 g/mol. The molecule has 0 unspecified atom stereocenters. The maximum atomic E-state index is 11.3. The molecule has 1 fully saturated rings. The van der Waals surface area contributed by atoms with Crippen molar-refractivity contribution in [3.8, 4) is 5.75 Å². The Kier molecular flexibility index (Phi) is 3.65. The second-order valence-electron chi connectivity index (χ2n) is 4.70. The first-order valence-corrected chi connectivity index (χ1v) is 6.16. The zero-order valence-electron chi connectivity index (χ0n) is 10.4. The highest BCUT2D eigenvalue weighted by Gasteiger charge is 2.21. The highest BCUT2D eigenvalue weighted by molar-refractivity contribution is 5.73. The average Bonchev–Trinajstić information content (AvgIpc) is 2.53. The Hall–Kier alpha value is -1.84. The van der Waals surface area contributed by atoms with E-state index in [0.717, 1.165) is 31.5 Å². The molecule has 1 aromatic carbocycles. The molecule has 2 rings (SSSR count). The molecule has 1 saturated heterocycles. The number of hydrogen-bond donors (Lipinski definition) is 1. The lowest BCUT2D eigenvalue weighted by Gasteiger charge is -2.31. The number of carbonyl (C=O) groups is 1. The van der Waals surface area contributed by atoms with Gasteiger partial charge in [0.25, 0.3) is 0 Å². The van der Waals surface area contributed by atoms with Crippen molar-refractivity contribution in [3.05, 3.63) is 40.1 Å². The van der Waals surface area contributed by atoms with E-state index in [1.54, 1.807) is 19.1 Å². The lowest BCUT2D eigenvalue weighted by Crippen LogP contribution is -2.36. The molecule has 1 N–H and O–H groups in total. The molecule has 0 spiro atoms. The normalized spacial score (nSPS) is 16.6. The monoisotopic (exact) mass is 247 g/mol. The van der Waals surface area contributed by atoms with Gasteiger partial charge in [-0.05, 0) is 36.5 Å². The van der Waals surface area contributed by atoms with E-state index in [0.29, 0.717) is 5.92 Å². The van der Waals surface area contributed by atoms with Gasteiger partial charge in [0.05, 0.1) is 0 Å². The number of carbonyl (C=O) groups excluding carboxylic acids is 1. The molecule has 1 aliphatic rings. The van der Waals surface area contributed by atoms with Gasteiger partial charge >= 0.3 is 0 Å². The number of likely N-dealkylation sites (tertiary alicyclic amines) is 1. The summed E-state index contributed by atoms with van der Waals surface area (Å²) in [6.07, 6.45) is 1.80. The van der Waals surface area contributed by atoms with Gasteiger partial charge in [-0.1, -0.05) is 12.1 Å². The number of nitrogens with zero attached hydrogens (tertiary/aromatic N) is 1. The topological polar surface area (TPSA) is 57.6 Å². The van der Waals surface area contributed by atoms with Crippen LogP contribution in [0.3, 0.4) is 0 Å². The van der Waals surface area contributed by atoms with Gasteiger partial charge in [0.1, 0.15) is 0 Å². The number of rotatable bonds is 1. The molecule has 1 aromatic rings. The van der Waals surface area contributed by atoms with Gasteiger partial charge < -0.3 is 10.0 Å². The van der Waals surface area contributed by atoms with Gasteiger partial charge in [0.15, 0.2) is 5.75 Å². The lowest BCUT2D eigenvalue weighted by molar-refractivity contribution is -0.129. The summed E-state index contributed by atoms with van der Waals surface area (Å²) in [5, 5.41) is 9.35. The van der Waals surface area contributed by atoms with Crippen molar-refractivity contribution in [2.75, 3.05) is 13.1 Å². The van der Waals surface area contributed by atoms with Crippen LogP contribution in [0.25, 0.3) is 0 Å². The molecule has 4 nitrogen and oxygen atoms in total. The van der Waals surface area contributed by atoms with Crippen molar-refractivity contribution >= 4 is 5.91 Å². The Bertz CT molecular complexity index is 505. The van der Waals surface area contributed by atoms with Crippen LogP contribution in [0, 0.1) is 0 Å². The van der Waals surface area contributed by atoms with Crippen LogP contribution in [-0.2, 0) is 4.79 Å². The van der Waals surface area contributed by atoms with E-state index in [2.05, 4.69) is 0 Å². The van der Waals surface area contributed by atoms with Gasteiger partial charge in [-0.2, -0.15) is 0 Å². The molecule has 0 aromatic heterocycles. The first-order chi connectivity index (χ1) is 8.58. The predicted molar refractivity (Wildman–Crippen MR) is 68.6 cm³/mol. The predicted octanol–water partition coefficient (Wildman–Crippen LogP) is 1.48. The number of hydrogen-bond acceptors (Lipinski definition) is 3. The van der Waals surface area contributed by atoms with Gasteiger partial charge in [0, 0.05) is 20.0 Å². The first kappa shape index (κ1) is 12.6. The summed E-state index contributed by atoms with van der Waals surface area (Å²) in [6.45, 7) is 3.11. The van der Waals surface area contributed by atoms with E-state index in [1.165, 1.54) is 12.1 Å². The standard InChI is InChI=1S/C14H17NO3/c1-10(16)15-8-6-12(7-9-15)11-2-4-13(17)14(18)5-3-11/h2-5,12H,6-9H2,1H3,(H,17,18). The number of amides is 1. The Morgan fingerprint density at radius 2 is 1.83 bits per heavy atom. The van der Waals surface area contributed by atoms with Crippen LogP contribution in [0.5, 0.6) is 5.75 Å². The summed E-state index contributed by atoms with van der Waals surface area (Å²) in [6, 6.07) is 6.43. The van der Waals surface area contributed by atoms with Crippen molar-refractivity contribution in [2.24, 2.45) is 0 Å². The highest BCUT2D eigenvalue weighted by atomic mass is 16.3. The van der Waals surface area contributed by atoms with Crippen molar-refractivity contribution in [2.45, 2.75) is 25.7 Å². The van der Waals surface area contributed by atoms with Crippen LogP contribution >= 0.6 is 0 Å². The number of piperidine rings is 1. The molecule has 96 valence electrons. The van der Waals surface area contributed by atoms with Crippen molar-refractivity contribution in [1.29, 1.82) is 0 Å². The Morgan fingerprint density at radius 3 is 2.44 bits per heavy atom. The van der Waals surface area contributed by atoms with Crippen molar-refractivity contribution < 1.29 is 9.90 Å². The van der Waals surface area contributed by atoms with E-state index in [9.17, 15) is 14.7 Å². The van der Waals surface area contributed by atoms with Crippen LogP contribution in [0.4, 0.5) is 0 Å². The van der Waals surface area contributed by atoms with Crippen molar-refractivity contribution in [1.82, 2.24) is 4.90 Å². The SMILES string of the molecule is CC(=O)N1CCC(c2ccc(O)c(=O)cc2)CC1. The molecule has 1 heterocycles. The molecule has 1 amide bonds. The second kappa shape index (κ2) is 5.21. The molecular formula is C14H17NO3. The van der Waals surface area contributed by atoms with E-state index in [1.807, 2.05) is 4.90 Å². The van der Waals surface area contributed by atoms with E-state index < -0.39 is 0 Å². The summed E-state index contributed by atoms with van der Waals surface area (Å²) in [7, 11) is 0.